The first-order valence-corrected chi connectivity index (χ1v) is 8.87. The zero-order valence-electron chi connectivity index (χ0n) is 14.8. The Morgan fingerprint density at radius 1 is 1.11 bits per heavy atom. The lowest BCUT2D eigenvalue weighted by Crippen LogP contribution is -2.51. The first kappa shape index (κ1) is 17.2. The van der Waals surface area contributed by atoms with Gasteiger partial charge in [-0.25, -0.2) is 9.48 Å². The summed E-state index contributed by atoms with van der Waals surface area (Å²) >= 11 is 0. The highest BCUT2D eigenvalue weighted by atomic mass is 16.2. The lowest BCUT2D eigenvalue weighted by Gasteiger charge is -2.30. The van der Waals surface area contributed by atoms with Crippen LogP contribution in [0, 0.1) is 0 Å². The van der Waals surface area contributed by atoms with Gasteiger partial charge in [0.25, 0.3) is 17.4 Å². The van der Waals surface area contributed by atoms with Gasteiger partial charge in [0, 0.05) is 12.4 Å². The second-order valence-corrected chi connectivity index (χ2v) is 6.98. The number of amides is 4. The van der Waals surface area contributed by atoms with Crippen LogP contribution in [0.3, 0.4) is 0 Å². The summed E-state index contributed by atoms with van der Waals surface area (Å²) in [6.07, 6.45) is 3.84. The monoisotopic (exact) mass is 369 g/mol. The summed E-state index contributed by atoms with van der Waals surface area (Å²) in [7, 11) is 1.44. The summed E-state index contributed by atoms with van der Waals surface area (Å²) in [5.74, 6) is -1.17. The average molecular weight is 369 g/mol. The molecule has 4 rings (SSSR count). The third-order valence-electron chi connectivity index (χ3n) is 5.25. The van der Waals surface area contributed by atoms with E-state index < -0.39 is 23.4 Å². The molecule has 2 fully saturated rings. The van der Waals surface area contributed by atoms with Crippen LogP contribution in [0.4, 0.5) is 4.79 Å². The molecule has 9 nitrogen and oxygen atoms in total. The van der Waals surface area contributed by atoms with Gasteiger partial charge in [-0.3, -0.25) is 19.8 Å². The van der Waals surface area contributed by atoms with E-state index in [1.165, 1.54) is 7.05 Å². The zero-order valence-corrected chi connectivity index (χ0v) is 14.8. The Kier molecular flexibility index (Phi) is 3.94. The van der Waals surface area contributed by atoms with E-state index in [-0.39, 0.29) is 11.3 Å². The van der Waals surface area contributed by atoms with E-state index in [2.05, 4.69) is 15.8 Å². The van der Waals surface area contributed by atoms with Crippen LogP contribution in [0.2, 0.25) is 0 Å². The number of aromatic nitrogens is 2. The lowest BCUT2D eigenvalue weighted by atomic mass is 9.82. The second-order valence-electron chi connectivity index (χ2n) is 6.98. The molecular weight excluding hydrogens is 350 g/mol. The van der Waals surface area contributed by atoms with Crippen molar-refractivity contribution in [3.8, 4) is 0 Å². The van der Waals surface area contributed by atoms with Crippen LogP contribution in [-0.2, 0) is 11.8 Å². The van der Waals surface area contributed by atoms with E-state index in [0.29, 0.717) is 23.6 Å². The smallest absolute Gasteiger partial charge is 0.322 e. The second kappa shape index (κ2) is 6.19. The van der Waals surface area contributed by atoms with Crippen molar-refractivity contribution in [3.63, 3.8) is 0 Å². The highest BCUT2D eigenvalue weighted by Crippen LogP contribution is 2.33. The van der Waals surface area contributed by atoms with Crippen LogP contribution in [-0.4, -0.2) is 38.2 Å². The molecule has 2 heterocycles. The van der Waals surface area contributed by atoms with Gasteiger partial charge in [-0.05, 0) is 18.9 Å². The molecule has 1 spiro atoms. The van der Waals surface area contributed by atoms with Crippen LogP contribution in [0.5, 0.6) is 0 Å². The summed E-state index contributed by atoms with van der Waals surface area (Å²) in [4.78, 5) is 50.1. The Morgan fingerprint density at radius 2 is 1.78 bits per heavy atom. The first-order chi connectivity index (χ1) is 12.9. The van der Waals surface area contributed by atoms with Gasteiger partial charge in [0.1, 0.15) is 5.54 Å². The number of carbonyl (C=O) groups excluding carboxylic acids is 3. The molecule has 1 aromatic carbocycles. The largest absolute Gasteiger partial charge is 0.344 e. The molecule has 1 aliphatic carbocycles. The van der Waals surface area contributed by atoms with E-state index >= 15 is 0 Å². The summed E-state index contributed by atoms with van der Waals surface area (Å²) in [6, 6.07) is 5.93. The van der Waals surface area contributed by atoms with Crippen LogP contribution < -0.4 is 16.3 Å². The summed E-state index contributed by atoms with van der Waals surface area (Å²) in [5.41, 5.74) is 1.07. The number of benzene rings is 1. The number of imide groups is 1. The molecule has 1 aliphatic heterocycles. The zero-order chi connectivity index (χ0) is 19.2. The van der Waals surface area contributed by atoms with Gasteiger partial charge in [-0.2, -0.15) is 10.1 Å². The number of urea groups is 1. The number of fused-ring (bicyclic) bond motifs is 1. The quantitative estimate of drug-likeness (QED) is 0.762. The van der Waals surface area contributed by atoms with E-state index in [4.69, 9.17) is 0 Å². The molecule has 1 saturated heterocycles. The number of hydrazine groups is 1. The predicted molar refractivity (Wildman–Crippen MR) is 95.6 cm³/mol. The van der Waals surface area contributed by atoms with E-state index in [9.17, 15) is 19.2 Å². The number of rotatable bonds is 2. The summed E-state index contributed by atoms with van der Waals surface area (Å²) < 4.78 is 1.06. The molecule has 0 bridgehead atoms. The van der Waals surface area contributed by atoms with Crippen molar-refractivity contribution in [2.75, 3.05) is 0 Å². The van der Waals surface area contributed by atoms with Crippen LogP contribution >= 0.6 is 0 Å². The summed E-state index contributed by atoms with van der Waals surface area (Å²) in [6.45, 7) is 0. The topological polar surface area (TPSA) is 113 Å². The van der Waals surface area contributed by atoms with Crippen LogP contribution in [0.25, 0.3) is 10.8 Å². The molecule has 0 radical (unpaired) electrons. The van der Waals surface area contributed by atoms with Crippen molar-refractivity contribution >= 4 is 28.6 Å². The Morgan fingerprint density at radius 3 is 2.48 bits per heavy atom. The Balaban J connectivity index is 1.66. The van der Waals surface area contributed by atoms with Crippen molar-refractivity contribution in [2.45, 2.75) is 37.6 Å². The first-order valence-electron chi connectivity index (χ1n) is 8.87. The van der Waals surface area contributed by atoms with Crippen LogP contribution in [0.1, 0.15) is 42.6 Å². The molecule has 2 N–H and O–H groups in total. The molecular formula is C18H19N5O4. The normalized spacial score (nSPS) is 18.8. The molecule has 4 amide bonds. The third-order valence-corrected chi connectivity index (χ3v) is 5.25. The van der Waals surface area contributed by atoms with Gasteiger partial charge < -0.3 is 5.32 Å². The number of nitrogens with one attached hydrogen (secondary N) is 2. The van der Waals surface area contributed by atoms with Crippen molar-refractivity contribution in [1.29, 1.82) is 0 Å². The van der Waals surface area contributed by atoms with E-state index in [1.54, 1.807) is 24.3 Å². The van der Waals surface area contributed by atoms with Crippen molar-refractivity contribution in [1.82, 2.24) is 25.5 Å². The standard InChI is InChI=1S/C18H19N5O4/c1-22-15(25)12-8-4-3-7-11(12)13(20-22)14(24)21-23-16(26)18(19-17(23)27)9-5-2-6-10-18/h3-4,7-8H,2,5-6,9-10H2,1H3,(H,19,27)(H,21,24). The lowest BCUT2D eigenvalue weighted by molar-refractivity contribution is -0.134. The molecule has 1 aromatic heterocycles. The number of hydrogen-bond donors (Lipinski definition) is 2. The molecule has 140 valence electrons. The molecule has 2 aliphatic rings. The number of nitrogens with zero attached hydrogens (tertiary/aromatic N) is 3. The maximum Gasteiger partial charge on any atom is 0.344 e. The van der Waals surface area contributed by atoms with Crippen LogP contribution in [0.15, 0.2) is 29.1 Å². The minimum absolute atomic E-state index is 0.0297. The maximum atomic E-state index is 12.8. The Hall–Kier alpha value is -3.23. The number of aryl methyl sites for hydroxylation is 1. The van der Waals surface area contributed by atoms with E-state index in [0.717, 1.165) is 29.0 Å². The number of carbonyl (C=O) groups is 3. The van der Waals surface area contributed by atoms with Crippen molar-refractivity contribution in [3.05, 3.63) is 40.3 Å². The Bertz CT molecular complexity index is 1020. The SMILES string of the molecule is Cn1nc(C(=O)NN2C(=O)NC3(CCCCC3)C2=O)c2ccccc2c1=O. The fourth-order valence-corrected chi connectivity index (χ4v) is 3.84. The fourth-order valence-electron chi connectivity index (χ4n) is 3.84. The molecule has 9 heteroatoms. The van der Waals surface area contributed by atoms with Crippen molar-refractivity contribution in [2.24, 2.45) is 7.05 Å². The van der Waals surface area contributed by atoms with E-state index in [1.807, 2.05) is 0 Å². The van der Waals surface area contributed by atoms with Gasteiger partial charge in [0.05, 0.1) is 5.39 Å². The highest BCUT2D eigenvalue weighted by Gasteiger charge is 2.52. The fraction of sp³-hybridized carbons (Fsp3) is 0.389. The molecule has 2 aromatic rings. The van der Waals surface area contributed by atoms with Gasteiger partial charge in [0.2, 0.25) is 0 Å². The summed E-state index contributed by atoms with van der Waals surface area (Å²) in [5, 5.41) is 8.17. The van der Waals surface area contributed by atoms with Gasteiger partial charge in [-0.15, -0.1) is 0 Å². The average Bonchev–Trinajstić information content (AvgIpc) is 2.89. The minimum atomic E-state index is -0.929. The molecule has 0 unspecified atom stereocenters. The number of hydrogen-bond acceptors (Lipinski definition) is 5. The third kappa shape index (κ3) is 2.66. The predicted octanol–water partition coefficient (Wildman–Crippen LogP) is 0.833. The highest BCUT2D eigenvalue weighted by molar-refractivity contribution is 6.11. The van der Waals surface area contributed by atoms with Gasteiger partial charge in [0.15, 0.2) is 5.69 Å². The minimum Gasteiger partial charge on any atom is -0.322 e. The molecule has 0 atom stereocenters. The Labute approximate surface area is 154 Å². The molecule has 27 heavy (non-hydrogen) atoms. The molecule has 1 saturated carbocycles. The van der Waals surface area contributed by atoms with Gasteiger partial charge >= 0.3 is 6.03 Å². The van der Waals surface area contributed by atoms with Crippen molar-refractivity contribution < 1.29 is 14.4 Å². The maximum absolute atomic E-state index is 12.8. The van der Waals surface area contributed by atoms with Gasteiger partial charge in [-0.1, -0.05) is 37.5 Å².